The van der Waals surface area contributed by atoms with E-state index in [1.165, 1.54) is 4.40 Å². The Morgan fingerprint density at radius 2 is 1.88 bits per heavy atom. The van der Waals surface area contributed by atoms with Gasteiger partial charge in [0.15, 0.2) is 17.4 Å². The summed E-state index contributed by atoms with van der Waals surface area (Å²) in [7, 11) is 0. The van der Waals surface area contributed by atoms with Gasteiger partial charge >= 0.3 is 6.18 Å². The highest BCUT2D eigenvalue weighted by molar-refractivity contribution is 6.33. The molecule has 0 unspecified atom stereocenters. The Labute approximate surface area is 147 Å². The van der Waals surface area contributed by atoms with Crippen molar-refractivity contribution in [3.8, 4) is 0 Å². The molecule has 0 radical (unpaired) electrons. The Morgan fingerprint density at radius 1 is 1.20 bits per heavy atom. The van der Waals surface area contributed by atoms with Gasteiger partial charge in [-0.3, -0.25) is 4.40 Å². The third kappa shape index (κ3) is 3.97. The number of hydrogen-bond donors (Lipinski definition) is 1. The smallest absolute Gasteiger partial charge is 0.370 e. The minimum Gasteiger partial charge on any atom is -0.370 e. The molecule has 1 aliphatic heterocycles. The predicted molar refractivity (Wildman–Crippen MR) is 88.4 cm³/mol. The van der Waals surface area contributed by atoms with Crippen LogP contribution in [0.4, 0.5) is 13.2 Å². The van der Waals surface area contributed by atoms with Gasteiger partial charge in [0.1, 0.15) is 6.54 Å². The summed E-state index contributed by atoms with van der Waals surface area (Å²) in [5.41, 5.74) is 5.32. The van der Waals surface area contributed by atoms with Gasteiger partial charge in [-0.25, -0.2) is 4.99 Å². The zero-order valence-corrected chi connectivity index (χ0v) is 14.2. The van der Waals surface area contributed by atoms with Crippen LogP contribution in [0, 0.1) is 0 Å². The maximum Gasteiger partial charge on any atom is 0.417 e. The second kappa shape index (κ2) is 7.07. The Bertz CT molecular complexity index is 777. The van der Waals surface area contributed by atoms with E-state index >= 15 is 0 Å². The van der Waals surface area contributed by atoms with Gasteiger partial charge in [0.25, 0.3) is 0 Å². The monoisotopic (exact) mass is 374 g/mol. The van der Waals surface area contributed by atoms with Gasteiger partial charge in [-0.05, 0) is 18.9 Å². The van der Waals surface area contributed by atoms with Crippen molar-refractivity contribution < 1.29 is 13.2 Å². The Kier molecular flexibility index (Phi) is 5.03. The Hall–Kier alpha value is -2.03. The molecule has 0 aliphatic carbocycles. The SMILES string of the molecule is NC(=NCc1nnc2c(Cl)cc(C(F)(F)F)cn12)N1CCCCCC1. The first-order valence-electron chi connectivity index (χ1n) is 8.01. The highest BCUT2D eigenvalue weighted by atomic mass is 35.5. The molecule has 0 bridgehead atoms. The standard InChI is InChI=1S/C15H18ClF3N6/c16-11-7-10(15(17,18)19)9-25-12(22-23-13(11)25)8-21-14(20)24-5-3-1-2-4-6-24/h7,9H,1-6,8H2,(H2,20,21). The first-order valence-corrected chi connectivity index (χ1v) is 8.39. The van der Waals surface area contributed by atoms with Crippen molar-refractivity contribution in [1.29, 1.82) is 0 Å². The fourth-order valence-electron chi connectivity index (χ4n) is 2.81. The second-order valence-electron chi connectivity index (χ2n) is 5.96. The van der Waals surface area contributed by atoms with Crippen LogP contribution in [0.25, 0.3) is 5.65 Å². The van der Waals surface area contributed by atoms with Crippen LogP contribution in [0.1, 0.15) is 37.1 Å². The molecule has 0 saturated carbocycles. The van der Waals surface area contributed by atoms with Crippen molar-refractivity contribution in [3.63, 3.8) is 0 Å². The third-order valence-electron chi connectivity index (χ3n) is 4.17. The van der Waals surface area contributed by atoms with Gasteiger partial charge in [-0.1, -0.05) is 24.4 Å². The van der Waals surface area contributed by atoms with E-state index in [2.05, 4.69) is 15.2 Å². The van der Waals surface area contributed by atoms with Crippen LogP contribution in [-0.4, -0.2) is 38.5 Å². The topological polar surface area (TPSA) is 71.8 Å². The summed E-state index contributed by atoms with van der Waals surface area (Å²) in [6, 6.07) is 0.838. The molecular formula is C15H18ClF3N6. The van der Waals surface area contributed by atoms with E-state index in [1.807, 2.05) is 4.90 Å². The Balaban J connectivity index is 1.86. The number of aromatic nitrogens is 3. The van der Waals surface area contributed by atoms with Crippen LogP contribution in [-0.2, 0) is 12.7 Å². The lowest BCUT2D eigenvalue weighted by atomic mass is 10.2. The minimum atomic E-state index is -4.51. The van der Waals surface area contributed by atoms with Gasteiger partial charge in [0.2, 0.25) is 0 Å². The van der Waals surface area contributed by atoms with Crippen molar-refractivity contribution in [1.82, 2.24) is 19.5 Å². The first kappa shape index (κ1) is 17.8. The molecule has 0 spiro atoms. The van der Waals surface area contributed by atoms with Crippen molar-refractivity contribution in [3.05, 3.63) is 28.7 Å². The normalized spacial score (nSPS) is 17.1. The maximum absolute atomic E-state index is 13.0. The lowest BCUT2D eigenvalue weighted by molar-refractivity contribution is -0.137. The molecule has 3 heterocycles. The number of likely N-dealkylation sites (tertiary alicyclic amines) is 1. The summed E-state index contributed by atoms with van der Waals surface area (Å²) in [6.45, 7) is 1.70. The summed E-state index contributed by atoms with van der Waals surface area (Å²) >= 11 is 5.89. The number of aliphatic imine (C=N–C) groups is 1. The van der Waals surface area contributed by atoms with Crippen molar-refractivity contribution in [2.75, 3.05) is 13.1 Å². The molecule has 2 aromatic heterocycles. The molecule has 25 heavy (non-hydrogen) atoms. The van der Waals surface area contributed by atoms with Crippen LogP contribution >= 0.6 is 11.6 Å². The van der Waals surface area contributed by atoms with Crippen LogP contribution in [0.5, 0.6) is 0 Å². The molecule has 0 atom stereocenters. The number of hydrogen-bond acceptors (Lipinski definition) is 3. The number of rotatable bonds is 2. The molecule has 10 heteroatoms. The van der Waals surface area contributed by atoms with Gasteiger partial charge in [-0.15, -0.1) is 10.2 Å². The first-order chi connectivity index (χ1) is 11.9. The quantitative estimate of drug-likeness (QED) is 0.647. The van der Waals surface area contributed by atoms with E-state index in [0.717, 1.165) is 51.0 Å². The number of guanidine groups is 1. The molecule has 1 aliphatic rings. The molecule has 0 aromatic carbocycles. The number of fused-ring (bicyclic) bond motifs is 1. The Morgan fingerprint density at radius 3 is 2.52 bits per heavy atom. The average Bonchev–Trinajstić information content (AvgIpc) is 2.78. The highest BCUT2D eigenvalue weighted by Gasteiger charge is 2.32. The molecule has 1 saturated heterocycles. The van der Waals surface area contributed by atoms with Crippen LogP contribution in [0.2, 0.25) is 5.02 Å². The third-order valence-corrected chi connectivity index (χ3v) is 4.45. The summed E-state index contributed by atoms with van der Waals surface area (Å²) < 4.78 is 40.1. The fourth-order valence-corrected chi connectivity index (χ4v) is 3.06. The number of halogens is 4. The lowest BCUT2D eigenvalue weighted by Crippen LogP contribution is -2.38. The number of alkyl halides is 3. The molecule has 3 rings (SSSR count). The van der Waals surface area contributed by atoms with Crippen LogP contribution in [0.15, 0.2) is 17.3 Å². The van der Waals surface area contributed by atoms with E-state index in [1.54, 1.807) is 0 Å². The average molecular weight is 375 g/mol. The van der Waals surface area contributed by atoms with Gasteiger partial charge in [0.05, 0.1) is 10.6 Å². The molecule has 136 valence electrons. The van der Waals surface area contributed by atoms with Crippen molar-refractivity contribution >= 4 is 23.2 Å². The molecule has 6 nitrogen and oxygen atoms in total. The fraction of sp³-hybridized carbons (Fsp3) is 0.533. The number of nitrogens with zero attached hydrogens (tertiary/aromatic N) is 5. The molecule has 0 amide bonds. The van der Waals surface area contributed by atoms with E-state index < -0.39 is 11.7 Å². The molecular weight excluding hydrogens is 357 g/mol. The molecule has 1 fully saturated rings. The molecule has 2 N–H and O–H groups in total. The number of pyridine rings is 1. The summed E-state index contributed by atoms with van der Waals surface area (Å²) in [5.74, 6) is 0.623. The van der Waals surface area contributed by atoms with Crippen LogP contribution in [0.3, 0.4) is 0 Å². The van der Waals surface area contributed by atoms with Crippen LogP contribution < -0.4 is 5.73 Å². The van der Waals surface area contributed by atoms with Gasteiger partial charge in [-0.2, -0.15) is 13.2 Å². The van der Waals surface area contributed by atoms with E-state index in [-0.39, 0.29) is 23.0 Å². The van der Waals surface area contributed by atoms with E-state index in [9.17, 15) is 13.2 Å². The lowest BCUT2D eigenvalue weighted by Gasteiger charge is -2.20. The predicted octanol–water partition coefficient (Wildman–Crippen LogP) is 3.09. The van der Waals surface area contributed by atoms with Crippen molar-refractivity contribution in [2.24, 2.45) is 10.7 Å². The maximum atomic E-state index is 13.0. The molecule has 2 aromatic rings. The van der Waals surface area contributed by atoms with Gasteiger partial charge in [0, 0.05) is 19.3 Å². The minimum absolute atomic E-state index is 0.0289. The van der Waals surface area contributed by atoms with E-state index in [0.29, 0.717) is 5.96 Å². The van der Waals surface area contributed by atoms with Gasteiger partial charge < -0.3 is 10.6 Å². The second-order valence-corrected chi connectivity index (χ2v) is 6.37. The largest absolute Gasteiger partial charge is 0.417 e. The summed E-state index contributed by atoms with van der Waals surface area (Å²) in [6.07, 6.45) is 0.847. The van der Waals surface area contributed by atoms with E-state index in [4.69, 9.17) is 17.3 Å². The van der Waals surface area contributed by atoms with Crippen molar-refractivity contribution in [2.45, 2.75) is 38.4 Å². The summed E-state index contributed by atoms with van der Waals surface area (Å²) in [4.78, 5) is 6.27. The highest BCUT2D eigenvalue weighted by Crippen LogP contribution is 2.32. The summed E-state index contributed by atoms with van der Waals surface area (Å²) in [5, 5.41) is 7.62. The zero-order chi connectivity index (χ0) is 18.0. The zero-order valence-electron chi connectivity index (χ0n) is 13.4. The number of nitrogens with two attached hydrogens (primary N) is 1.